The van der Waals surface area contributed by atoms with Crippen LogP contribution in [0.1, 0.15) is 167 Å². The number of hydrogen-bond donors (Lipinski definition) is 6. The summed E-state index contributed by atoms with van der Waals surface area (Å²) in [5.41, 5.74) is -6.25. The van der Waals surface area contributed by atoms with E-state index in [1.54, 1.807) is 41.7 Å². The van der Waals surface area contributed by atoms with Gasteiger partial charge in [-0.3, -0.25) is 32.9 Å². The van der Waals surface area contributed by atoms with Crippen molar-refractivity contribution in [1.82, 2.24) is 82.6 Å². The van der Waals surface area contributed by atoms with Gasteiger partial charge in [-0.25, -0.2) is 50.8 Å². The zero-order valence-electron chi connectivity index (χ0n) is 73.4. The summed E-state index contributed by atoms with van der Waals surface area (Å²) in [5, 5.41) is 80.2. The van der Waals surface area contributed by atoms with Crippen LogP contribution in [-0.2, 0) is 48.2 Å². The molecule has 0 aliphatic heterocycles. The van der Waals surface area contributed by atoms with Crippen molar-refractivity contribution in [3.63, 3.8) is 0 Å². The second-order valence-corrected chi connectivity index (χ2v) is 34.9. The van der Waals surface area contributed by atoms with Gasteiger partial charge in [0, 0.05) is 52.5 Å². The van der Waals surface area contributed by atoms with E-state index in [1.807, 2.05) is 20.9 Å². The summed E-state index contributed by atoms with van der Waals surface area (Å²) in [6, 6.07) is 7.94. The van der Waals surface area contributed by atoms with Crippen molar-refractivity contribution in [3.05, 3.63) is 205 Å². The fraction of sp³-hybridized carbons (Fsp3) is 0.464. The summed E-state index contributed by atoms with van der Waals surface area (Å²) in [6.07, 6.45) is 5.74. The number of ether oxygens (including phenoxy) is 6. The minimum Gasteiger partial charge on any atom is -0.496 e. The van der Waals surface area contributed by atoms with Gasteiger partial charge in [0.25, 0.3) is 16.7 Å². The average molecular weight is 1830 g/mol. The van der Waals surface area contributed by atoms with Crippen molar-refractivity contribution in [1.29, 1.82) is 0 Å². The number of carboxylic acid groups (broad SMARTS) is 2. The maximum Gasteiger partial charge on any atom is 0.333 e. The predicted molar refractivity (Wildman–Crippen MR) is 472 cm³/mol. The number of nitrogens with zero attached hydrogens (tertiary/aromatic N) is 16. The molecule has 6 atom stereocenters. The highest BCUT2D eigenvalue weighted by molar-refractivity contribution is 7.22. The van der Waals surface area contributed by atoms with Crippen LogP contribution in [0.15, 0.2) is 121 Å². The maximum absolute atomic E-state index is 14.5. The normalized spacial score (nSPS) is 13.2. The summed E-state index contributed by atoms with van der Waals surface area (Å²) in [5.74, 6) is -4.01. The van der Waals surface area contributed by atoms with Crippen molar-refractivity contribution < 1.29 is 81.5 Å². The van der Waals surface area contributed by atoms with Gasteiger partial charge in [-0.2, -0.15) is 30.6 Å². The molecule has 1 unspecified atom stereocenters. The van der Waals surface area contributed by atoms with Gasteiger partial charge < -0.3 is 64.2 Å². The molecule has 6 N–H and O–H groups in total. The quantitative estimate of drug-likeness (QED) is 0.0228. The highest BCUT2D eigenvalue weighted by Crippen LogP contribution is 2.39. The highest BCUT2D eigenvalue weighted by Gasteiger charge is 2.36. The summed E-state index contributed by atoms with van der Waals surface area (Å²) in [6.45, 7) is 24.9. The van der Waals surface area contributed by atoms with E-state index in [4.69, 9.17) is 28.4 Å². The minimum absolute atomic E-state index is 0. The molecule has 0 aliphatic rings. The number of aliphatic hydroxyl groups is 3. The Kier molecular flexibility index (Phi) is 33.2. The SMILES string of the molecule is C.CNC(C)C.COc1ccc(F)cc1[C@H](Cn1c(=O)n(C(C)C(=O)O)c(=O)c2c(C)c(-n3nccn3)sc21)OCC(C)(C)O.COc1ccc(F)cc1[C@H](Cn1c(=O)n([C@@H](C)C(=O)N(C)C(C)C)c(=O)c2c(C)c(-n3nccn3)sc21)OCC(C)(C)O.COc1ccc(F)cc1[C@H](Cn1c(=O)n([C@@H](C)C(=O)O)c(=O)c2c(C)c(-n3nccn3)sc21)OCC(C)(C)O. The first-order valence-corrected chi connectivity index (χ1v) is 41.9. The van der Waals surface area contributed by atoms with E-state index in [-0.39, 0.29) is 101 Å². The molecule has 0 spiro atoms. The number of methoxy groups -OCH3 is 3. The Bertz CT molecular complexity index is 6030. The Morgan fingerprint density at radius 1 is 0.457 bits per heavy atom. The molecule has 0 aliphatic carbocycles. The number of fused-ring (bicyclic) bond motifs is 3. The van der Waals surface area contributed by atoms with Gasteiger partial charge in [-0.05, 0) is 159 Å². The maximum atomic E-state index is 14.5. The fourth-order valence-corrected chi connectivity index (χ4v) is 16.6. The number of aromatic nitrogens is 15. The first-order valence-electron chi connectivity index (χ1n) is 39.5. The van der Waals surface area contributed by atoms with Crippen LogP contribution in [0.25, 0.3) is 45.7 Å². The lowest BCUT2D eigenvalue weighted by molar-refractivity contribution is -0.141. The number of carbonyl (C=O) groups excluding carboxylic acids is 1. The Labute approximate surface area is 738 Å². The van der Waals surface area contributed by atoms with Crippen LogP contribution in [0.3, 0.4) is 0 Å². The number of amides is 1. The lowest BCUT2D eigenvalue weighted by Gasteiger charge is -2.27. The summed E-state index contributed by atoms with van der Waals surface area (Å²) < 4.78 is 83.7. The van der Waals surface area contributed by atoms with Crippen LogP contribution in [0, 0.1) is 38.2 Å². The molecule has 37 nitrogen and oxygen atoms in total. The lowest BCUT2D eigenvalue weighted by atomic mass is 10.1. The molecule has 43 heteroatoms. The Morgan fingerprint density at radius 2 is 0.701 bits per heavy atom. The van der Waals surface area contributed by atoms with Gasteiger partial charge in [-0.15, -0.1) is 14.4 Å². The smallest absolute Gasteiger partial charge is 0.333 e. The zero-order valence-corrected chi connectivity index (χ0v) is 75.8. The van der Waals surface area contributed by atoms with E-state index in [0.717, 1.165) is 38.6 Å². The van der Waals surface area contributed by atoms with Crippen molar-refractivity contribution in [3.8, 4) is 32.3 Å². The third-order valence-electron chi connectivity index (χ3n) is 20.0. The number of carbonyl (C=O) groups is 3. The number of benzene rings is 3. The number of aliphatic carboxylic acids is 2. The van der Waals surface area contributed by atoms with E-state index < -0.39 is 122 Å². The first-order chi connectivity index (χ1) is 59.1. The monoisotopic (exact) mass is 1830 g/mol. The standard InChI is InChI=1S/C29H37FN6O6S.2C25H28FN5O7S.C4H11N.CH4/c1-16(2)33(7)24(37)18(4)35-25(38)23-17(3)26(36-31-11-12-32-36)43-27(23)34(28(35)39)14-22(42-15-29(5,6)40)20-13-19(30)9-10-21(20)41-8;2*1-13-19-20(32)30(14(2)23(33)34)24(35)29(22(19)39-21(13)31-27-8-9-28-31)11-18(38-12-25(3,4)36)16-10-15(26)6-7-17(16)37-5;1-4(2)5-3;/h9-13,16,18,22,40H,14-15H2,1-8H3;2*6-10,14,18,36H,11-12H2,1-5H3,(H,33,34);4-5H,1-3H3;1H4/t18-,22-;14?,18-;14-,18-;;/m000../s1. The molecule has 0 radical (unpaired) electrons. The lowest BCUT2D eigenvalue weighted by Crippen LogP contribution is -2.48. The Morgan fingerprint density at radius 3 is 0.913 bits per heavy atom. The molecule has 1 amide bonds. The number of rotatable bonds is 32. The summed E-state index contributed by atoms with van der Waals surface area (Å²) in [4.78, 5) is 126. The van der Waals surface area contributed by atoms with Crippen molar-refractivity contribution >= 4 is 82.5 Å². The fourth-order valence-electron chi connectivity index (χ4n) is 13.0. The van der Waals surface area contributed by atoms with Crippen molar-refractivity contribution in [2.45, 2.75) is 203 Å². The molecular formula is C84H108F3N17O20S3. The molecule has 127 heavy (non-hydrogen) atoms. The van der Waals surface area contributed by atoms with Gasteiger partial charge in [0.2, 0.25) is 5.91 Å². The van der Waals surface area contributed by atoms with Crippen LogP contribution >= 0.6 is 34.0 Å². The van der Waals surface area contributed by atoms with Crippen LogP contribution in [0.5, 0.6) is 17.2 Å². The van der Waals surface area contributed by atoms with Gasteiger partial charge in [0.05, 0.1) is 131 Å². The Hall–Kier alpha value is -11.7. The molecule has 9 aromatic heterocycles. The zero-order chi connectivity index (χ0) is 93.4. The van der Waals surface area contributed by atoms with E-state index in [0.29, 0.717) is 63.0 Å². The van der Waals surface area contributed by atoms with Gasteiger partial charge in [-0.1, -0.05) is 55.3 Å². The molecule has 3 aromatic carbocycles. The van der Waals surface area contributed by atoms with E-state index in [2.05, 4.69) is 49.8 Å². The molecule has 688 valence electrons. The molecule has 0 saturated carbocycles. The van der Waals surface area contributed by atoms with E-state index >= 15 is 0 Å². The van der Waals surface area contributed by atoms with Crippen LogP contribution < -0.4 is 53.3 Å². The molecular weight excluding hydrogens is 1720 g/mol. The summed E-state index contributed by atoms with van der Waals surface area (Å²) >= 11 is 3.27. The number of thiophene rings is 3. The van der Waals surface area contributed by atoms with Crippen LogP contribution in [0.2, 0.25) is 0 Å². The van der Waals surface area contributed by atoms with Gasteiger partial charge >= 0.3 is 29.0 Å². The van der Waals surface area contributed by atoms with Gasteiger partial charge in [0.1, 0.15) is 101 Å². The Balaban J connectivity index is 0.000000229. The van der Waals surface area contributed by atoms with E-state index in [9.17, 15) is 81.9 Å². The molecule has 0 saturated heterocycles. The van der Waals surface area contributed by atoms with Gasteiger partial charge in [0.15, 0.2) is 0 Å². The molecule has 0 fully saturated rings. The second-order valence-electron chi connectivity index (χ2n) is 32.0. The molecule has 12 aromatic rings. The highest BCUT2D eigenvalue weighted by atomic mass is 32.1. The number of carboxylic acids is 2. The number of aryl methyl sites for hydroxylation is 3. The molecule has 0 bridgehead atoms. The number of halogens is 3. The van der Waals surface area contributed by atoms with Crippen LogP contribution in [-0.4, -0.2) is 205 Å². The minimum atomic E-state index is -1.48. The molecule has 12 rings (SSSR count). The second kappa shape index (κ2) is 41.8. The third-order valence-corrected chi connectivity index (χ3v) is 23.8. The summed E-state index contributed by atoms with van der Waals surface area (Å²) in [7, 11) is 7.78. The number of nitrogens with one attached hydrogen (secondary N) is 1. The van der Waals surface area contributed by atoms with E-state index in [1.165, 1.54) is 195 Å². The first kappa shape index (κ1) is 101. The number of hydrogen-bond acceptors (Lipinski definition) is 28. The van der Waals surface area contributed by atoms with Crippen molar-refractivity contribution in [2.24, 2.45) is 0 Å². The van der Waals surface area contributed by atoms with Crippen molar-refractivity contribution in [2.75, 3.05) is 55.2 Å². The average Bonchev–Trinajstić information content (AvgIpc) is 1.60. The largest absolute Gasteiger partial charge is 0.496 e. The topological polar surface area (TPSA) is 447 Å². The number of likely N-dealkylation sites (N-methyl/N-ethyl adjacent to an activating group) is 1. The molecule has 9 heterocycles. The third kappa shape index (κ3) is 23.0. The van der Waals surface area contributed by atoms with Crippen LogP contribution in [0.4, 0.5) is 13.2 Å². The predicted octanol–water partition coefficient (Wildman–Crippen LogP) is 9.34.